The monoisotopic (exact) mass is 415 g/mol. The lowest BCUT2D eigenvalue weighted by atomic mass is 10.1. The van der Waals surface area contributed by atoms with E-state index >= 15 is 0 Å². The minimum absolute atomic E-state index is 0.00847. The summed E-state index contributed by atoms with van der Waals surface area (Å²) < 4.78 is 47.9. The van der Waals surface area contributed by atoms with Gasteiger partial charge in [-0.2, -0.15) is 13.2 Å². The van der Waals surface area contributed by atoms with Crippen LogP contribution in [0.15, 0.2) is 28.1 Å². The number of methoxy groups -OCH3 is 1. The largest absolute Gasteiger partial charge is 0.497 e. The quantitative estimate of drug-likeness (QED) is 0.722. The Kier molecular flexibility index (Phi) is 6.31. The molecule has 0 aliphatic heterocycles. The molecule has 0 unspecified atom stereocenters. The van der Waals surface area contributed by atoms with E-state index < -0.39 is 21.6 Å². The zero-order chi connectivity index (χ0) is 16.0. The molecule has 21 heavy (non-hydrogen) atoms. The van der Waals surface area contributed by atoms with Crippen LogP contribution in [-0.4, -0.2) is 25.7 Å². The van der Waals surface area contributed by atoms with Crippen LogP contribution >= 0.6 is 22.6 Å². The Balaban J connectivity index is 3.18. The van der Waals surface area contributed by atoms with Gasteiger partial charge in [0.25, 0.3) is 5.91 Å². The lowest BCUT2D eigenvalue weighted by Crippen LogP contribution is -2.27. The van der Waals surface area contributed by atoms with Gasteiger partial charge in [0, 0.05) is 12.6 Å². The molecule has 0 spiro atoms. The fraction of sp³-hybridized carbons (Fsp3) is 0.308. The third-order valence-electron chi connectivity index (χ3n) is 2.29. The van der Waals surface area contributed by atoms with Crippen LogP contribution < -0.4 is 14.8 Å². The van der Waals surface area contributed by atoms with Crippen LogP contribution in [0.5, 0.6) is 11.5 Å². The Hall–Kier alpha value is -1.45. The van der Waals surface area contributed by atoms with Gasteiger partial charge in [0.05, 0.1) is 18.7 Å². The molecule has 0 radical (unpaired) electrons. The minimum Gasteiger partial charge on any atom is -0.497 e. The summed E-state index contributed by atoms with van der Waals surface area (Å²) in [6.07, 6.45) is -3.88. The van der Waals surface area contributed by atoms with Crippen LogP contribution in [-0.2, 0) is 0 Å². The molecule has 0 saturated carbocycles. The van der Waals surface area contributed by atoms with Crippen molar-refractivity contribution in [1.29, 1.82) is 0 Å². The molecule has 1 rings (SSSR count). The molecule has 0 bridgehead atoms. The first-order chi connectivity index (χ1) is 9.79. The van der Waals surface area contributed by atoms with Crippen molar-refractivity contribution < 1.29 is 27.4 Å². The first kappa shape index (κ1) is 17.6. The van der Waals surface area contributed by atoms with Gasteiger partial charge in [-0.3, -0.25) is 4.79 Å². The molecular formula is C13H13F3INO3. The topological polar surface area (TPSA) is 47.6 Å². The summed E-state index contributed by atoms with van der Waals surface area (Å²) in [7, 11) is 1.34. The van der Waals surface area contributed by atoms with E-state index in [4.69, 9.17) is 4.74 Å². The molecule has 0 fully saturated rings. The average Bonchev–Trinajstić information content (AvgIpc) is 2.36. The van der Waals surface area contributed by atoms with Crippen LogP contribution in [0.1, 0.15) is 17.3 Å². The molecule has 116 valence electrons. The highest BCUT2D eigenvalue weighted by Gasteiger charge is 2.31. The number of hydrogen-bond donors (Lipinski definition) is 1. The number of carbonyl (C=O) groups is 1. The van der Waals surface area contributed by atoms with Crippen molar-refractivity contribution in [2.45, 2.75) is 13.0 Å². The molecule has 0 heterocycles. The van der Waals surface area contributed by atoms with Gasteiger partial charge in [0.1, 0.15) is 11.5 Å². The summed E-state index contributed by atoms with van der Waals surface area (Å²) in [4.78, 5) is 11.8. The van der Waals surface area contributed by atoms with Crippen molar-refractivity contribution >= 4 is 28.5 Å². The number of amides is 1. The predicted octanol–water partition coefficient (Wildman–Crippen LogP) is 3.66. The lowest BCUT2D eigenvalue weighted by Gasteiger charge is -2.17. The van der Waals surface area contributed by atoms with Gasteiger partial charge in [-0.15, -0.1) is 0 Å². The van der Waals surface area contributed by atoms with Gasteiger partial charge >= 0.3 is 6.11 Å². The standard InChI is InChI=1S/C13H13F3INO3/c1-3-18-12(19)9-5-4-8(20-2)6-10(9)21-13(15,16)7-11(14)17/h4-7H,3H2,1-2H3,(H,18,19). The molecule has 1 amide bonds. The summed E-state index contributed by atoms with van der Waals surface area (Å²) in [5, 5.41) is 2.47. The van der Waals surface area contributed by atoms with Crippen LogP contribution in [0.4, 0.5) is 13.2 Å². The Labute approximate surface area is 133 Å². The van der Waals surface area contributed by atoms with E-state index in [0.29, 0.717) is 6.54 Å². The maximum Gasteiger partial charge on any atom is 0.423 e. The third-order valence-corrected chi connectivity index (χ3v) is 2.61. The van der Waals surface area contributed by atoms with Gasteiger partial charge in [0.2, 0.25) is 0 Å². The smallest absolute Gasteiger partial charge is 0.423 e. The van der Waals surface area contributed by atoms with E-state index in [1.54, 1.807) is 6.92 Å². The SMILES string of the molecule is CCNC(=O)c1ccc(OC)cc1OC(F)(F)C=C(F)I. The van der Waals surface area contributed by atoms with Crippen molar-refractivity contribution in [2.24, 2.45) is 0 Å². The molecule has 8 heteroatoms. The molecule has 1 aromatic rings. The van der Waals surface area contributed by atoms with Crippen LogP contribution in [0, 0.1) is 0 Å². The molecule has 0 atom stereocenters. The second-order valence-electron chi connectivity index (χ2n) is 3.82. The van der Waals surface area contributed by atoms with E-state index in [1.807, 2.05) is 0 Å². The van der Waals surface area contributed by atoms with Gasteiger partial charge in [-0.05, 0) is 41.6 Å². The molecule has 1 aromatic carbocycles. The average molecular weight is 415 g/mol. The zero-order valence-corrected chi connectivity index (χ0v) is 13.4. The van der Waals surface area contributed by atoms with Crippen molar-refractivity contribution in [2.75, 3.05) is 13.7 Å². The maximum atomic E-state index is 13.5. The second kappa shape index (κ2) is 7.53. The fourth-order valence-electron chi connectivity index (χ4n) is 1.46. The number of carbonyl (C=O) groups excluding carboxylic acids is 1. The Morgan fingerprint density at radius 2 is 2.14 bits per heavy atom. The summed E-state index contributed by atoms with van der Waals surface area (Å²) >= 11 is 1.09. The van der Waals surface area contributed by atoms with Crippen LogP contribution in [0.25, 0.3) is 0 Å². The lowest BCUT2D eigenvalue weighted by molar-refractivity contribution is -0.132. The summed E-state index contributed by atoms with van der Waals surface area (Å²) in [5.41, 5.74) is -0.0976. The first-order valence-corrected chi connectivity index (χ1v) is 6.94. The highest BCUT2D eigenvalue weighted by molar-refractivity contribution is 14.1. The second-order valence-corrected chi connectivity index (χ2v) is 4.85. The van der Waals surface area contributed by atoms with Crippen molar-refractivity contribution in [3.8, 4) is 11.5 Å². The van der Waals surface area contributed by atoms with Crippen molar-refractivity contribution in [1.82, 2.24) is 5.32 Å². The Morgan fingerprint density at radius 3 is 2.67 bits per heavy atom. The normalized spacial score (nSPS) is 12.0. The number of alkyl halides is 2. The van der Waals surface area contributed by atoms with Crippen molar-refractivity contribution in [3.63, 3.8) is 0 Å². The Morgan fingerprint density at radius 1 is 1.48 bits per heavy atom. The van der Waals surface area contributed by atoms with E-state index in [9.17, 15) is 18.0 Å². The minimum atomic E-state index is -3.89. The summed E-state index contributed by atoms with van der Waals surface area (Å²) in [6, 6.07) is 3.86. The van der Waals surface area contributed by atoms with E-state index in [-0.39, 0.29) is 17.4 Å². The summed E-state index contributed by atoms with van der Waals surface area (Å²) in [6.45, 7) is 2.01. The number of nitrogens with one attached hydrogen (secondary N) is 1. The molecule has 4 nitrogen and oxygen atoms in total. The zero-order valence-electron chi connectivity index (χ0n) is 11.3. The summed E-state index contributed by atoms with van der Waals surface area (Å²) in [5.74, 6) is -0.753. The fourth-order valence-corrected chi connectivity index (χ4v) is 1.82. The van der Waals surface area contributed by atoms with E-state index in [0.717, 1.165) is 28.7 Å². The highest BCUT2D eigenvalue weighted by atomic mass is 127. The number of halogens is 4. The van der Waals surface area contributed by atoms with Gasteiger partial charge in [-0.25, -0.2) is 0 Å². The Bertz CT molecular complexity index is 545. The number of hydrogen-bond acceptors (Lipinski definition) is 3. The first-order valence-electron chi connectivity index (χ1n) is 5.86. The number of rotatable bonds is 6. The number of ether oxygens (including phenoxy) is 2. The molecule has 0 saturated heterocycles. The van der Waals surface area contributed by atoms with Crippen molar-refractivity contribution in [3.05, 3.63) is 33.7 Å². The van der Waals surface area contributed by atoms with E-state index in [1.165, 1.54) is 19.2 Å². The number of benzene rings is 1. The predicted molar refractivity (Wildman–Crippen MR) is 79.8 cm³/mol. The van der Waals surface area contributed by atoms with Gasteiger partial charge in [-0.1, -0.05) is 0 Å². The van der Waals surface area contributed by atoms with Gasteiger partial charge < -0.3 is 14.8 Å². The molecule has 0 aromatic heterocycles. The molecule has 1 N–H and O–H groups in total. The highest BCUT2D eigenvalue weighted by Crippen LogP contribution is 2.31. The third kappa shape index (κ3) is 5.44. The van der Waals surface area contributed by atoms with Gasteiger partial charge in [0.15, 0.2) is 3.83 Å². The molecule has 0 aliphatic carbocycles. The maximum absolute atomic E-state index is 13.5. The molecular weight excluding hydrogens is 402 g/mol. The van der Waals surface area contributed by atoms with E-state index in [2.05, 4.69) is 10.1 Å². The van der Waals surface area contributed by atoms with Crippen LogP contribution in [0.2, 0.25) is 0 Å². The van der Waals surface area contributed by atoms with Crippen LogP contribution in [0.3, 0.4) is 0 Å². The molecule has 0 aliphatic rings.